The van der Waals surface area contributed by atoms with E-state index in [9.17, 15) is 18.0 Å². The van der Waals surface area contributed by atoms with E-state index < -0.39 is 17.6 Å². The standard InChI is InChI=1S/C10H17F3N2O/c1-3-14-7(2)6-8(16)15-9(4-5-9)10(11,12)13/h7,14H,3-6H2,1-2H3,(H,15,16). The van der Waals surface area contributed by atoms with Crippen molar-refractivity contribution in [3.63, 3.8) is 0 Å². The number of carbonyl (C=O) groups is 1. The van der Waals surface area contributed by atoms with Gasteiger partial charge in [-0.2, -0.15) is 13.2 Å². The molecular formula is C10H17F3N2O. The second kappa shape index (κ2) is 4.61. The zero-order chi connectivity index (χ0) is 12.4. The van der Waals surface area contributed by atoms with Gasteiger partial charge in [-0.05, 0) is 26.3 Å². The van der Waals surface area contributed by atoms with E-state index in [4.69, 9.17) is 0 Å². The first-order chi connectivity index (χ1) is 7.31. The monoisotopic (exact) mass is 238 g/mol. The number of alkyl halides is 3. The fraction of sp³-hybridized carbons (Fsp3) is 0.900. The molecule has 0 aromatic heterocycles. The minimum absolute atomic E-state index is 0.00216. The smallest absolute Gasteiger partial charge is 0.342 e. The summed E-state index contributed by atoms with van der Waals surface area (Å²) in [5.74, 6) is -0.539. The van der Waals surface area contributed by atoms with Crippen LogP contribution in [-0.4, -0.2) is 30.2 Å². The average molecular weight is 238 g/mol. The fourth-order valence-electron chi connectivity index (χ4n) is 1.62. The van der Waals surface area contributed by atoms with Crippen LogP contribution >= 0.6 is 0 Å². The molecule has 0 aromatic carbocycles. The minimum Gasteiger partial charge on any atom is -0.342 e. The van der Waals surface area contributed by atoms with Crippen LogP contribution in [0.4, 0.5) is 13.2 Å². The van der Waals surface area contributed by atoms with E-state index in [1.165, 1.54) is 0 Å². The Balaban J connectivity index is 2.41. The maximum atomic E-state index is 12.5. The van der Waals surface area contributed by atoms with Gasteiger partial charge >= 0.3 is 6.18 Å². The summed E-state index contributed by atoms with van der Waals surface area (Å²) in [6.07, 6.45) is -4.26. The second-order valence-electron chi connectivity index (χ2n) is 4.29. The molecule has 0 radical (unpaired) electrons. The van der Waals surface area contributed by atoms with Crippen LogP contribution in [0.3, 0.4) is 0 Å². The van der Waals surface area contributed by atoms with Crippen LogP contribution < -0.4 is 10.6 Å². The summed E-state index contributed by atoms with van der Waals surface area (Å²) in [5.41, 5.74) is -1.93. The van der Waals surface area contributed by atoms with Gasteiger partial charge in [0.25, 0.3) is 0 Å². The molecule has 2 N–H and O–H groups in total. The molecule has 6 heteroatoms. The fourth-order valence-corrected chi connectivity index (χ4v) is 1.62. The molecule has 1 unspecified atom stereocenters. The van der Waals surface area contributed by atoms with Crippen molar-refractivity contribution in [1.29, 1.82) is 0 Å². The lowest BCUT2D eigenvalue weighted by Crippen LogP contribution is -2.49. The summed E-state index contributed by atoms with van der Waals surface area (Å²) in [4.78, 5) is 11.4. The third-order valence-electron chi connectivity index (χ3n) is 2.72. The predicted molar refractivity (Wildman–Crippen MR) is 53.9 cm³/mol. The molecule has 3 nitrogen and oxygen atoms in total. The lowest BCUT2D eigenvalue weighted by atomic mass is 10.2. The van der Waals surface area contributed by atoms with Crippen molar-refractivity contribution in [3.8, 4) is 0 Å². The van der Waals surface area contributed by atoms with Crippen molar-refractivity contribution < 1.29 is 18.0 Å². The molecule has 1 fully saturated rings. The summed E-state index contributed by atoms with van der Waals surface area (Å²) < 4.78 is 37.5. The van der Waals surface area contributed by atoms with Gasteiger partial charge in [-0.15, -0.1) is 0 Å². The molecule has 1 atom stereocenters. The Morgan fingerprint density at radius 3 is 2.38 bits per heavy atom. The van der Waals surface area contributed by atoms with Gasteiger partial charge in [0.15, 0.2) is 0 Å². The summed E-state index contributed by atoms with van der Waals surface area (Å²) in [6, 6.07) is -0.103. The third-order valence-corrected chi connectivity index (χ3v) is 2.72. The topological polar surface area (TPSA) is 41.1 Å². The van der Waals surface area contributed by atoms with E-state index in [1.807, 2.05) is 6.92 Å². The number of amides is 1. The Kier molecular flexibility index (Phi) is 3.83. The van der Waals surface area contributed by atoms with Gasteiger partial charge in [0, 0.05) is 12.5 Å². The van der Waals surface area contributed by atoms with Crippen molar-refractivity contribution >= 4 is 5.91 Å². The number of hydrogen-bond donors (Lipinski definition) is 2. The molecule has 0 aliphatic heterocycles. The number of rotatable bonds is 5. The molecule has 0 aromatic rings. The highest BCUT2D eigenvalue weighted by Crippen LogP contribution is 2.48. The van der Waals surface area contributed by atoms with Crippen molar-refractivity contribution in [2.75, 3.05) is 6.54 Å². The van der Waals surface area contributed by atoms with Gasteiger partial charge in [0.1, 0.15) is 5.54 Å². The Bertz CT molecular complexity index is 261. The van der Waals surface area contributed by atoms with Gasteiger partial charge in [-0.25, -0.2) is 0 Å². The van der Waals surface area contributed by atoms with Gasteiger partial charge in [0.05, 0.1) is 0 Å². The molecule has 1 aliphatic rings. The average Bonchev–Trinajstić information content (AvgIpc) is 2.83. The zero-order valence-corrected chi connectivity index (χ0v) is 9.45. The molecule has 1 saturated carbocycles. The molecule has 0 heterocycles. The van der Waals surface area contributed by atoms with Crippen LogP contribution in [0.1, 0.15) is 33.1 Å². The summed E-state index contributed by atoms with van der Waals surface area (Å²) in [7, 11) is 0. The number of nitrogens with one attached hydrogen (secondary N) is 2. The lowest BCUT2D eigenvalue weighted by Gasteiger charge is -2.21. The molecule has 16 heavy (non-hydrogen) atoms. The SMILES string of the molecule is CCNC(C)CC(=O)NC1(C(F)(F)F)CC1. The molecule has 94 valence electrons. The minimum atomic E-state index is -4.33. The first-order valence-corrected chi connectivity index (χ1v) is 5.42. The largest absolute Gasteiger partial charge is 0.411 e. The normalized spacial score (nSPS) is 20.3. The lowest BCUT2D eigenvalue weighted by molar-refractivity contribution is -0.170. The van der Waals surface area contributed by atoms with E-state index >= 15 is 0 Å². The molecule has 1 aliphatic carbocycles. The second-order valence-corrected chi connectivity index (χ2v) is 4.29. The van der Waals surface area contributed by atoms with Crippen molar-refractivity contribution in [1.82, 2.24) is 10.6 Å². The quantitative estimate of drug-likeness (QED) is 0.763. The molecule has 1 rings (SSSR count). The Hall–Kier alpha value is -0.780. The van der Waals surface area contributed by atoms with Crippen LogP contribution in [0.2, 0.25) is 0 Å². The molecule has 0 saturated heterocycles. The maximum Gasteiger partial charge on any atom is 0.411 e. The number of halogens is 3. The van der Waals surface area contributed by atoms with Gasteiger partial charge in [-0.1, -0.05) is 6.92 Å². The Morgan fingerprint density at radius 2 is 2.00 bits per heavy atom. The molecule has 0 spiro atoms. The van der Waals surface area contributed by atoms with Crippen molar-refractivity contribution in [2.45, 2.75) is 50.9 Å². The first-order valence-electron chi connectivity index (χ1n) is 5.42. The van der Waals surface area contributed by atoms with Crippen LogP contribution in [0.5, 0.6) is 0 Å². The van der Waals surface area contributed by atoms with Gasteiger partial charge in [0.2, 0.25) is 5.91 Å². The van der Waals surface area contributed by atoms with Gasteiger partial charge < -0.3 is 10.6 Å². The van der Waals surface area contributed by atoms with Crippen LogP contribution in [-0.2, 0) is 4.79 Å². The highest BCUT2D eigenvalue weighted by atomic mass is 19.4. The predicted octanol–water partition coefficient (Wildman–Crippen LogP) is 1.59. The molecular weight excluding hydrogens is 221 g/mol. The number of hydrogen-bond acceptors (Lipinski definition) is 2. The summed E-state index contributed by atoms with van der Waals surface area (Å²) in [5, 5.41) is 5.07. The van der Waals surface area contributed by atoms with E-state index in [2.05, 4.69) is 10.6 Å². The maximum absolute atomic E-state index is 12.5. The Labute approximate surface area is 92.8 Å². The Morgan fingerprint density at radius 1 is 1.44 bits per heavy atom. The first kappa shape index (κ1) is 13.3. The summed E-state index contributed by atoms with van der Waals surface area (Å²) in [6.45, 7) is 4.35. The molecule has 0 bridgehead atoms. The van der Waals surface area contributed by atoms with Crippen molar-refractivity contribution in [3.05, 3.63) is 0 Å². The zero-order valence-electron chi connectivity index (χ0n) is 9.45. The number of carbonyl (C=O) groups excluding carboxylic acids is 1. The van der Waals surface area contributed by atoms with Gasteiger partial charge in [-0.3, -0.25) is 4.79 Å². The van der Waals surface area contributed by atoms with E-state index in [-0.39, 0.29) is 25.3 Å². The highest BCUT2D eigenvalue weighted by Gasteiger charge is 2.64. The van der Waals surface area contributed by atoms with Crippen LogP contribution in [0.25, 0.3) is 0 Å². The van der Waals surface area contributed by atoms with E-state index in [1.54, 1.807) is 6.92 Å². The summed E-state index contributed by atoms with van der Waals surface area (Å²) >= 11 is 0. The van der Waals surface area contributed by atoms with E-state index in [0.717, 1.165) is 0 Å². The molecule has 1 amide bonds. The van der Waals surface area contributed by atoms with Crippen molar-refractivity contribution in [2.24, 2.45) is 0 Å². The van der Waals surface area contributed by atoms with Crippen LogP contribution in [0.15, 0.2) is 0 Å². The van der Waals surface area contributed by atoms with E-state index in [0.29, 0.717) is 6.54 Å². The highest BCUT2D eigenvalue weighted by molar-refractivity contribution is 5.78. The third kappa shape index (κ3) is 3.10. The van der Waals surface area contributed by atoms with Crippen LogP contribution in [0, 0.1) is 0 Å².